The van der Waals surface area contributed by atoms with Gasteiger partial charge in [0.25, 0.3) is 0 Å². The summed E-state index contributed by atoms with van der Waals surface area (Å²) in [5.41, 5.74) is 0.608. The van der Waals surface area contributed by atoms with Gasteiger partial charge in [-0.2, -0.15) is 0 Å². The van der Waals surface area contributed by atoms with E-state index in [1.807, 2.05) is 0 Å². The molecular weight excluding hydrogens is 285 g/mol. The van der Waals surface area contributed by atoms with Gasteiger partial charge in [-0.25, -0.2) is 4.39 Å². The fourth-order valence-electron chi connectivity index (χ4n) is 2.59. The molecule has 0 unspecified atom stereocenters. The van der Waals surface area contributed by atoms with E-state index in [2.05, 4.69) is 15.5 Å². The third-order valence-corrected chi connectivity index (χ3v) is 3.79. The van der Waals surface area contributed by atoms with Crippen molar-refractivity contribution in [2.75, 3.05) is 31.5 Å². The van der Waals surface area contributed by atoms with Crippen molar-refractivity contribution >= 4 is 17.5 Å². The first-order valence-electron chi connectivity index (χ1n) is 7.55. The molecule has 1 aromatic carbocycles. The fraction of sp³-hybridized carbons (Fsp3) is 0.500. The summed E-state index contributed by atoms with van der Waals surface area (Å²) in [6.07, 6.45) is 1.45. The number of rotatable bonds is 6. The van der Waals surface area contributed by atoms with E-state index in [1.54, 1.807) is 12.1 Å². The van der Waals surface area contributed by atoms with Gasteiger partial charge in [-0.3, -0.25) is 9.59 Å². The molecule has 22 heavy (non-hydrogen) atoms. The molecule has 0 bridgehead atoms. The SMILES string of the molecule is CC(=O)NC[C@@H]1CCN(CCC(=O)Nc2ccc(F)cc2)C1. The van der Waals surface area contributed by atoms with E-state index in [0.29, 0.717) is 31.1 Å². The molecule has 0 aromatic heterocycles. The van der Waals surface area contributed by atoms with Crippen molar-refractivity contribution in [2.45, 2.75) is 19.8 Å². The summed E-state index contributed by atoms with van der Waals surface area (Å²) in [7, 11) is 0. The van der Waals surface area contributed by atoms with Crippen molar-refractivity contribution in [1.82, 2.24) is 10.2 Å². The molecule has 2 N–H and O–H groups in total. The van der Waals surface area contributed by atoms with Crippen LogP contribution in [0.25, 0.3) is 0 Å². The van der Waals surface area contributed by atoms with Crippen LogP contribution in [0, 0.1) is 11.7 Å². The van der Waals surface area contributed by atoms with E-state index in [1.165, 1.54) is 19.1 Å². The predicted octanol–water partition coefficient (Wildman–Crippen LogP) is 1.61. The molecule has 6 heteroatoms. The molecule has 0 aliphatic carbocycles. The number of nitrogens with zero attached hydrogens (tertiary/aromatic N) is 1. The van der Waals surface area contributed by atoms with Crippen molar-refractivity contribution in [1.29, 1.82) is 0 Å². The predicted molar refractivity (Wildman–Crippen MR) is 82.9 cm³/mol. The largest absolute Gasteiger partial charge is 0.356 e. The van der Waals surface area contributed by atoms with Gasteiger partial charge >= 0.3 is 0 Å². The zero-order valence-corrected chi connectivity index (χ0v) is 12.8. The molecule has 1 saturated heterocycles. The summed E-state index contributed by atoms with van der Waals surface area (Å²) >= 11 is 0. The molecule has 1 fully saturated rings. The van der Waals surface area contributed by atoms with Crippen LogP contribution in [0.3, 0.4) is 0 Å². The Morgan fingerprint density at radius 3 is 2.73 bits per heavy atom. The molecule has 0 saturated carbocycles. The number of anilines is 1. The maximum Gasteiger partial charge on any atom is 0.225 e. The Hall–Kier alpha value is -1.95. The van der Waals surface area contributed by atoms with Gasteiger partial charge in [0.05, 0.1) is 0 Å². The number of hydrogen-bond donors (Lipinski definition) is 2. The first-order chi connectivity index (χ1) is 10.5. The Morgan fingerprint density at radius 1 is 1.32 bits per heavy atom. The average molecular weight is 307 g/mol. The molecule has 2 rings (SSSR count). The zero-order valence-electron chi connectivity index (χ0n) is 12.8. The quantitative estimate of drug-likeness (QED) is 0.839. The molecule has 1 heterocycles. The van der Waals surface area contributed by atoms with Gasteiger partial charge in [-0.15, -0.1) is 0 Å². The van der Waals surface area contributed by atoms with Gasteiger partial charge in [0.15, 0.2) is 0 Å². The summed E-state index contributed by atoms with van der Waals surface area (Å²) in [4.78, 5) is 25.0. The summed E-state index contributed by atoms with van der Waals surface area (Å²) in [5.74, 6) is 0.0679. The van der Waals surface area contributed by atoms with Crippen LogP contribution in [-0.4, -0.2) is 42.9 Å². The fourth-order valence-corrected chi connectivity index (χ4v) is 2.59. The van der Waals surface area contributed by atoms with Crippen molar-refractivity contribution in [3.63, 3.8) is 0 Å². The summed E-state index contributed by atoms with van der Waals surface area (Å²) in [6.45, 7) is 4.78. The number of hydrogen-bond acceptors (Lipinski definition) is 3. The second kappa shape index (κ2) is 7.89. The molecule has 1 atom stereocenters. The Morgan fingerprint density at radius 2 is 2.05 bits per heavy atom. The summed E-state index contributed by atoms with van der Waals surface area (Å²) in [5, 5.41) is 5.59. The third-order valence-electron chi connectivity index (χ3n) is 3.79. The lowest BCUT2D eigenvalue weighted by atomic mass is 10.1. The second-order valence-corrected chi connectivity index (χ2v) is 5.70. The van der Waals surface area contributed by atoms with Gasteiger partial charge in [0.2, 0.25) is 11.8 Å². The highest BCUT2D eigenvalue weighted by molar-refractivity contribution is 5.90. The standard InChI is InChI=1S/C16H22FN3O2/c1-12(21)18-10-13-6-8-20(11-13)9-7-16(22)19-15-4-2-14(17)3-5-15/h2-5,13H,6-11H2,1H3,(H,18,21)(H,19,22)/t13-/m0/s1. The molecule has 1 aliphatic heterocycles. The number of benzene rings is 1. The van der Waals surface area contributed by atoms with Gasteiger partial charge in [-0.05, 0) is 43.1 Å². The Bertz CT molecular complexity index is 519. The minimum Gasteiger partial charge on any atom is -0.356 e. The number of carbonyl (C=O) groups is 2. The number of nitrogens with one attached hydrogen (secondary N) is 2. The number of likely N-dealkylation sites (tertiary alicyclic amines) is 1. The topological polar surface area (TPSA) is 61.4 Å². The van der Waals surface area contributed by atoms with Gasteiger partial charge < -0.3 is 15.5 Å². The van der Waals surface area contributed by atoms with E-state index in [4.69, 9.17) is 0 Å². The second-order valence-electron chi connectivity index (χ2n) is 5.70. The monoisotopic (exact) mass is 307 g/mol. The van der Waals surface area contributed by atoms with Crippen LogP contribution in [0.1, 0.15) is 19.8 Å². The molecule has 5 nitrogen and oxygen atoms in total. The number of halogens is 1. The van der Waals surface area contributed by atoms with Crippen LogP contribution in [0.5, 0.6) is 0 Å². The van der Waals surface area contributed by atoms with E-state index in [0.717, 1.165) is 19.5 Å². The maximum absolute atomic E-state index is 12.8. The van der Waals surface area contributed by atoms with Gasteiger partial charge in [0.1, 0.15) is 5.82 Å². The summed E-state index contributed by atoms with van der Waals surface area (Å²) < 4.78 is 12.8. The average Bonchev–Trinajstić information content (AvgIpc) is 2.93. The molecule has 120 valence electrons. The van der Waals surface area contributed by atoms with Crippen molar-refractivity contribution in [3.8, 4) is 0 Å². The number of carbonyl (C=O) groups excluding carboxylic acids is 2. The lowest BCUT2D eigenvalue weighted by Gasteiger charge is -2.16. The van der Waals surface area contributed by atoms with Crippen molar-refractivity contribution in [2.24, 2.45) is 5.92 Å². The normalized spacial score (nSPS) is 18.2. The third kappa shape index (κ3) is 5.44. The lowest BCUT2D eigenvalue weighted by molar-refractivity contribution is -0.119. The van der Waals surface area contributed by atoms with Crippen LogP contribution in [0.4, 0.5) is 10.1 Å². The highest BCUT2D eigenvalue weighted by atomic mass is 19.1. The lowest BCUT2D eigenvalue weighted by Crippen LogP contribution is -2.30. The molecule has 2 amide bonds. The van der Waals surface area contributed by atoms with Crippen LogP contribution in [0.2, 0.25) is 0 Å². The highest BCUT2D eigenvalue weighted by Crippen LogP contribution is 2.16. The molecule has 1 aromatic rings. The van der Waals surface area contributed by atoms with Crippen molar-refractivity contribution < 1.29 is 14.0 Å². The smallest absolute Gasteiger partial charge is 0.225 e. The minimum absolute atomic E-state index is 0.00266. The van der Waals surface area contributed by atoms with Crippen LogP contribution in [0.15, 0.2) is 24.3 Å². The Balaban J connectivity index is 1.66. The van der Waals surface area contributed by atoms with Crippen LogP contribution >= 0.6 is 0 Å². The maximum atomic E-state index is 12.8. The van der Waals surface area contributed by atoms with E-state index >= 15 is 0 Å². The van der Waals surface area contributed by atoms with Gasteiger partial charge in [-0.1, -0.05) is 0 Å². The zero-order chi connectivity index (χ0) is 15.9. The van der Waals surface area contributed by atoms with Gasteiger partial charge in [0, 0.05) is 38.7 Å². The summed E-state index contributed by atoms with van der Waals surface area (Å²) in [6, 6.07) is 5.74. The molecule has 0 spiro atoms. The minimum atomic E-state index is -0.319. The Kier molecular flexibility index (Phi) is 5.89. The first kappa shape index (κ1) is 16.4. The first-order valence-corrected chi connectivity index (χ1v) is 7.55. The van der Waals surface area contributed by atoms with Crippen LogP contribution in [-0.2, 0) is 9.59 Å². The Labute approximate surface area is 129 Å². The highest BCUT2D eigenvalue weighted by Gasteiger charge is 2.22. The molecular formula is C16H22FN3O2. The molecule has 1 aliphatic rings. The van der Waals surface area contributed by atoms with Crippen LogP contribution < -0.4 is 10.6 Å². The van der Waals surface area contributed by atoms with E-state index < -0.39 is 0 Å². The van der Waals surface area contributed by atoms with E-state index in [-0.39, 0.29) is 17.6 Å². The number of amides is 2. The van der Waals surface area contributed by atoms with Crippen molar-refractivity contribution in [3.05, 3.63) is 30.1 Å². The molecule has 0 radical (unpaired) electrons. The van der Waals surface area contributed by atoms with E-state index in [9.17, 15) is 14.0 Å².